The fraction of sp³-hybridized carbons (Fsp3) is 0.444. The molecule has 0 fully saturated rings. The van der Waals surface area contributed by atoms with E-state index >= 15 is 0 Å². The normalized spacial score (nSPS) is 11.2. The van der Waals surface area contributed by atoms with Gasteiger partial charge >= 0.3 is 0 Å². The topological polar surface area (TPSA) is 21.3 Å². The number of ether oxygens (including phenoxy) is 1. The van der Waals surface area contributed by atoms with E-state index in [1.165, 1.54) is 15.3 Å². The Balaban J connectivity index is 1.60. The van der Waals surface area contributed by atoms with Crippen LogP contribution >= 0.6 is 11.3 Å². The minimum Gasteiger partial charge on any atom is -0.376 e. The lowest BCUT2D eigenvalue weighted by atomic mass is 10.1. The molecule has 0 aliphatic carbocycles. The summed E-state index contributed by atoms with van der Waals surface area (Å²) in [5.41, 5.74) is 1.39. The van der Waals surface area contributed by atoms with Crippen LogP contribution in [-0.4, -0.2) is 12.6 Å². The minimum atomic E-state index is 0.532. The zero-order chi connectivity index (χ0) is 14.9. The molecule has 2 aromatic rings. The molecule has 0 saturated carbocycles. The zero-order valence-electron chi connectivity index (χ0n) is 13.0. The van der Waals surface area contributed by atoms with E-state index in [2.05, 4.69) is 61.6 Å². The molecule has 3 heteroatoms. The highest BCUT2D eigenvalue weighted by atomic mass is 32.1. The highest BCUT2D eigenvalue weighted by Gasteiger charge is 2.01. The van der Waals surface area contributed by atoms with Gasteiger partial charge in [0.15, 0.2) is 0 Å². The van der Waals surface area contributed by atoms with E-state index in [-0.39, 0.29) is 0 Å². The van der Waals surface area contributed by atoms with E-state index in [4.69, 9.17) is 4.74 Å². The van der Waals surface area contributed by atoms with Gasteiger partial charge in [-0.3, -0.25) is 0 Å². The van der Waals surface area contributed by atoms with E-state index in [0.29, 0.717) is 6.04 Å². The first-order valence-electron chi connectivity index (χ1n) is 7.66. The molecule has 1 heterocycles. The van der Waals surface area contributed by atoms with Gasteiger partial charge in [0.2, 0.25) is 0 Å². The van der Waals surface area contributed by atoms with E-state index < -0.39 is 0 Å². The lowest BCUT2D eigenvalue weighted by molar-refractivity contribution is 0.121. The summed E-state index contributed by atoms with van der Waals surface area (Å²) in [6.45, 7) is 6.86. The summed E-state index contributed by atoms with van der Waals surface area (Å²) < 4.78 is 5.77. The number of aryl methyl sites for hydroxylation is 1. The molecule has 21 heavy (non-hydrogen) atoms. The fourth-order valence-electron chi connectivity index (χ4n) is 2.10. The highest BCUT2D eigenvalue weighted by molar-refractivity contribution is 7.11. The molecule has 0 radical (unpaired) electrons. The van der Waals surface area contributed by atoms with Crippen LogP contribution in [0.5, 0.6) is 0 Å². The lowest BCUT2D eigenvalue weighted by Crippen LogP contribution is -2.21. The number of benzene rings is 1. The van der Waals surface area contributed by atoms with Crippen molar-refractivity contribution in [2.45, 2.75) is 45.9 Å². The molecule has 1 N–H and O–H groups in total. The van der Waals surface area contributed by atoms with Crippen molar-refractivity contribution in [3.63, 3.8) is 0 Å². The summed E-state index contributed by atoms with van der Waals surface area (Å²) in [5, 5.41) is 3.44. The van der Waals surface area contributed by atoms with Gasteiger partial charge in [-0.1, -0.05) is 44.2 Å². The van der Waals surface area contributed by atoms with E-state index in [9.17, 15) is 0 Å². The molecule has 0 bridgehead atoms. The molecule has 1 aromatic carbocycles. The smallest absolute Gasteiger partial charge is 0.0809 e. The largest absolute Gasteiger partial charge is 0.376 e. The van der Waals surface area contributed by atoms with Gasteiger partial charge < -0.3 is 10.1 Å². The van der Waals surface area contributed by atoms with Crippen LogP contribution in [0.2, 0.25) is 0 Å². The summed E-state index contributed by atoms with van der Waals surface area (Å²) in [6.07, 6.45) is 2.17. The Morgan fingerprint density at radius 2 is 1.81 bits per heavy atom. The molecule has 0 aliphatic rings. The summed E-state index contributed by atoms with van der Waals surface area (Å²) in [7, 11) is 0. The van der Waals surface area contributed by atoms with Crippen molar-refractivity contribution >= 4 is 11.3 Å². The van der Waals surface area contributed by atoms with Crippen molar-refractivity contribution in [3.05, 3.63) is 57.8 Å². The molecule has 0 spiro atoms. The molecule has 0 amide bonds. The van der Waals surface area contributed by atoms with Crippen LogP contribution in [0, 0.1) is 0 Å². The maximum absolute atomic E-state index is 5.77. The fourth-order valence-corrected chi connectivity index (χ4v) is 3.00. The maximum Gasteiger partial charge on any atom is 0.0809 e. The van der Waals surface area contributed by atoms with Gasteiger partial charge in [-0.15, -0.1) is 11.3 Å². The van der Waals surface area contributed by atoms with Crippen LogP contribution in [0.3, 0.4) is 0 Å². The van der Waals surface area contributed by atoms with Crippen molar-refractivity contribution < 1.29 is 4.74 Å². The monoisotopic (exact) mass is 303 g/mol. The zero-order valence-corrected chi connectivity index (χ0v) is 13.8. The van der Waals surface area contributed by atoms with Gasteiger partial charge in [0, 0.05) is 28.9 Å². The van der Waals surface area contributed by atoms with Crippen molar-refractivity contribution in [2.75, 3.05) is 6.61 Å². The van der Waals surface area contributed by atoms with Crippen molar-refractivity contribution in [1.29, 1.82) is 0 Å². The lowest BCUT2D eigenvalue weighted by Gasteiger charge is -2.05. The average Bonchev–Trinajstić information content (AvgIpc) is 2.94. The molecule has 2 rings (SSSR count). The molecular formula is C18H25NOS. The second-order valence-electron chi connectivity index (χ2n) is 5.55. The van der Waals surface area contributed by atoms with Crippen LogP contribution in [0.4, 0.5) is 0 Å². The van der Waals surface area contributed by atoms with Crippen molar-refractivity contribution in [3.8, 4) is 0 Å². The molecule has 114 valence electrons. The van der Waals surface area contributed by atoms with E-state index in [1.807, 2.05) is 11.3 Å². The third kappa shape index (κ3) is 6.42. The molecule has 1 aromatic heterocycles. The summed E-state index contributed by atoms with van der Waals surface area (Å²) in [6, 6.07) is 15.5. The predicted octanol–water partition coefficient (Wildman–Crippen LogP) is 4.40. The Bertz CT molecular complexity index is 507. The Morgan fingerprint density at radius 1 is 1.05 bits per heavy atom. The van der Waals surface area contributed by atoms with Crippen LogP contribution in [-0.2, 0) is 24.3 Å². The van der Waals surface area contributed by atoms with Crippen LogP contribution in [0.1, 0.15) is 35.6 Å². The second kappa shape index (κ2) is 8.98. The van der Waals surface area contributed by atoms with Gasteiger partial charge in [-0.25, -0.2) is 0 Å². The molecular weight excluding hydrogens is 278 g/mol. The minimum absolute atomic E-state index is 0.532. The van der Waals surface area contributed by atoms with Gasteiger partial charge in [-0.05, 0) is 30.5 Å². The summed E-state index contributed by atoms with van der Waals surface area (Å²) >= 11 is 1.84. The first-order chi connectivity index (χ1) is 10.2. The maximum atomic E-state index is 5.77. The number of hydrogen-bond acceptors (Lipinski definition) is 3. The van der Waals surface area contributed by atoms with Gasteiger partial charge in [0.25, 0.3) is 0 Å². The number of nitrogens with one attached hydrogen (secondary N) is 1. The number of hydrogen-bond donors (Lipinski definition) is 1. The molecule has 0 atom stereocenters. The SMILES string of the molecule is CC(C)NCc1ccc(COCCCc2ccccc2)s1. The van der Waals surface area contributed by atoms with Gasteiger partial charge in [-0.2, -0.15) is 0 Å². The second-order valence-corrected chi connectivity index (χ2v) is 6.80. The Kier molecular flexibility index (Phi) is 6.93. The number of rotatable bonds is 9. The van der Waals surface area contributed by atoms with E-state index in [1.54, 1.807) is 0 Å². The Labute approximate surface area is 132 Å². The molecule has 0 saturated heterocycles. The Morgan fingerprint density at radius 3 is 2.57 bits per heavy atom. The first-order valence-corrected chi connectivity index (χ1v) is 8.48. The quantitative estimate of drug-likeness (QED) is 0.693. The van der Waals surface area contributed by atoms with E-state index in [0.717, 1.165) is 32.6 Å². The average molecular weight is 303 g/mol. The number of thiophene rings is 1. The third-order valence-corrected chi connectivity index (χ3v) is 4.30. The van der Waals surface area contributed by atoms with Gasteiger partial charge in [0.05, 0.1) is 6.61 Å². The molecule has 0 aliphatic heterocycles. The Hall–Kier alpha value is -1.16. The summed E-state index contributed by atoms with van der Waals surface area (Å²) in [4.78, 5) is 2.70. The summed E-state index contributed by atoms with van der Waals surface area (Å²) in [5.74, 6) is 0. The first kappa shape index (κ1) is 16.2. The predicted molar refractivity (Wildman–Crippen MR) is 90.7 cm³/mol. The van der Waals surface area contributed by atoms with Crippen LogP contribution in [0.25, 0.3) is 0 Å². The standard InChI is InChI=1S/C18H25NOS/c1-15(2)19-13-17-10-11-18(21-17)14-20-12-6-9-16-7-4-3-5-8-16/h3-5,7-8,10-11,15,19H,6,9,12-14H2,1-2H3. The molecule has 0 unspecified atom stereocenters. The van der Waals surface area contributed by atoms with Crippen LogP contribution in [0.15, 0.2) is 42.5 Å². The van der Waals surface area contributed by atoms with Gasteiger partial charge in [0.1, 0.15) is 0 Å². The molecule has 2 nitrogen and oxygen atoms in total. The van der Waals surface area contributed by atoms with Crippen molar-refractivity contribution in [1.82, 2.24) is 5.32 Å². The third-order valence-electron chi connectivity index (χ3n) is 3.24. The van der Waals surface area contributed by atoms with Crippen LogP contribution < -0.4 is 5.32 Å². The van der Waals surface area contributed by atoms with Crippen molar-refractivity contribution in [2.24, 2.45) is 0 Å². The highest BCUT2D eigenvalue weighted by Crippen LogP contribution is 2.17.